The Balaban J connectivity index is 1.98. The van der Waals surface area contributed by atoms with Crippen molar-refractivity contribution in [3.63, 3.8) is 0 Å². The molecule has 0 saturated carbocycles. The fourth-order valence-electron chi connectivity index (χ4n) is 2.57. The van der Waals surface area contributed by atoms with Crippen molar-refractivity contribution in [3.8, 4) is 5.75 Å². The van der Waals surface area contributed by atoms with Gasteiger partial charge in [-0.25, -0.2) is 0 Å². The minimum absolute atomic E-state index is 0.0837. The molecule has 1 aromatic carbocycles. The first-order chi connectivity index (χ1) is 10.1. The fourth-order valence-corrected chi connectivity index (χ4v) is 2.57. The van der Waals surface area contributed by atoms with E-state index in [1.54, 1.807) is 18.1 Å². The minimum atomic E-state index is 0.0837. The maximum atomic E-state index is 12.2. The number of hydrogen-bond acceptors (Lipinski definition) is 3. The molecular formula is C17H24N2O2. The van der Waals surface area contributed by atoms with E-state index in [-0.39, 0.29) is 5.91 Å². The summed E-state index contributed by atoms with van der Waals surface area (Å²) in [6.07, 6.45) is 3.75. The second-order valence-electron chi connectivity index (χ2n) is 5.55. The molecule has 0 aromatic heterocycles. The summed E-state index contributed by atoms with van der Waals surface area (Å²) in [5.41, 5.74) is 3.46. The van der Waals surface area contributed by atoms with Crippen LogP contribution < -0.4 is 10.1 Å². The lowest BCUT2D eigenvalue weighted by atomic mass is 10.0. The summed E-state index contributed by atoms with van der Waals surface area (Å²) < 4.78 is 5.26. The Labute approximate surface area is 126 Å². The van der Waals surface area contributed by atoms with Crippen LogP contribution in [0.2, 0.25) is 0 Å². The van der Waals surface area contributed by atoms with Gasteiger partial charge in [-0.15, -0.1) is 0 Å². The predicted molar refractivity (Wildman–Crippen MR) is 84.4 cm³/mol. The summed E-state index contributed by atoms with van der Waals surface area (Å²) >= 11 is 0. The van der Waals surface area contributed by atoms with Crippen molar-refractivity contribution in [2.45, 2.75) is 26.3 Å². The lowest BCUT2D eigenvalue weighted by molar-refractivity contribution is -0.125. The molecule has 1 heterocycles. The fraction of sp³-hybridized carbons (Fsp3) is 0.471. The van der Waals surface area contributed by atoms with Gasteiger partial charge in [-0.3, -0.25) is 4.79 Å². The van der Waals surface area contributed by atoms with E-state index in [0.717, 1.165) is 42.8 Å². The van der Waals surface area contributed by atoms with E-state index >= 15 is 0 Å². The highest BCUT2D eigenvalue weighted by Crippen LogP contribution is 2.19. The predicted octanol–water partition coefficient (Wildman–Crippen LogP) is 2.27. The molecule has 1 aliphatic rings. The van der Waals surface area contributed by atoms with E-state index in [0.29, 0.717) is 6.54 Å². The zero-order valence-electron chi connectivity index (χ0n) is 13.1. The maximum absolute atomic E-state index is 12.2. The van der Waals surface area contributed by atoms with Gasteiger partial charge in [0.2, 0.25) is 5.91 Å². The zero-order valence-corrected chi connectivity index (χ0v) is 13.1. The molecule has 0 radical (unpaired) electrons. The molecule has 114 valence electrons. The van der Waals surface area contributed by atoms with Crippen molar-refractivity contribution in [1.82, 2.24) is 10.2 Å². The Hall–Kier alpha value is -1.81. The average molecular weight is 288 g/mol. The van der Waals surface area contributed by atoms with Crippen LogP contribution in [0.5, 0.6) is 5.75 Å². The smallest absolute Gasteiger partial charge is 0.246 e. The van der Waals surface area contributed by atoms with E-state index in [1.807, 2.05) is 26.1 Å². The van der Waals surface area contributed by atoms with Gasteiger partial charge in [-0.2, -0.15) is 0 Å². The molecule has 1 amide bonds. The maximum Gasteiger partial charge on any atom is 0.246 e. The van der Waals surface area contributed by atoms with Crippen LogP contribution in [0.4, 0.5) is 0 Å². The summed E-state index contributed by atoms with van der Waals surface area (Å²) in [5.74, 6) is 0.963. The number of rotatable bonds is 4. The van der Waals surface area contributed by atoms with Crippen LogP contribution in [-0.2, 0) is 11.3 Å². The van der Waals surface area contributed by atoms with E-state index in [1.165, 1.54) is 5.57 Å². The van der Waals surface area contributed by atoms with Gasteiger partial charge in [0.05, 0.1) is 7.11 Å². The van der Waals surface area contributed by atoms with Crippen LogP contribution >= 0.6 is 0 Å². The second kappa shape index (κ2) is 7.27. The molecule has 1 aliphatic heterocycles. The Morgan fingerprint density at radius 3 is 2.71 bits per heavy atom. The molecule has 0 aliphatic carbocycles. The number of aryl methyl sites for hydroxylation is 1. The van der Waals surface area contributed by atoms with Crippen molar-refractivity contribution in [2.75, 3.05) is 27.2 Å². The molecule has 1 fully saturated rings. The molecule has 21 heavy (non-hydrogen) atoms. The monoisotopic (exact) mass is 288 g/mol. The number of nitrogens with zero attached hydrogens (tertiary/aromatic N) is 1. The second-order valence-corrected chi connectivity index (χ2v) is 5.55. The standard InChI is InChI=1S/C17H24N2O2/c1-13-10-15(4-5-16(13)21-3)12-19(2)17(20)11-14-6-8-18-9-7-14/h4-5,10-11,18H,6-9,12H2,1-3H3. The molecule has 2 rings (SSSR count). The number of piperidine rings is 1. The number of benzene rings is 1. The first-order valence-corrected chi connectivity index (χ1v) is 7.39. The van der Waals surface area contributed by atoms with Crippen LogP contribution in [-0.4, -0.2) is 38.1 Å². The number of carbonyl (C=O) groups is 1. The molecule has 1 aromatic rings. The van der Waals surface area contributed by atoms with Crippen LogP contribution in [0.25, 0.3) is 0 Å². The van der Waals surface area contributed by atoms with Gasteiger partial charge in [0.25, 0.3) is 0 Å². The van der Waals surface area contributed by atoms with Gasteiger partial charge in [0, 0.05) is 19.7 Å². The third kappa shape index (κ3) is 4.33. The van der Waals surface area contributed by atoms with E-state index in [4.69, 9.17) is 4.74 Å². The zero-order chi connectivity index (χ0) is 15.2. The molecule has 1 N–H and O–H groups in total. The summed E-state index contributed by atoms with van der Waals surface area (Å²) in [6.45, 7) is 4.58. The largest absolute Gasteiger partial charge is 0.496 e. The highest BCUT2D eigenvalue weighted by atomic mass is 16.5. The highest BCUT2D eigenvalue weighted by molar-refractivity contribution is 5.88. The Bertz CT molecular complexity index is 530. The summed E-state index contributed by atoms with van der Waals surface area (Å²) in [4.78, 5) is 14.0. The van der Waals surface area contributed by atoms with Crippen LogP contribution in [0.3, 0.4) is 0 Å². The van der Waals surface area contributed by atoms with Crippen LogP contribution in [0, 0.1) is 6.92 Å². The number of likely N-dealkylation sites (N-methyl/N-ethyl adjacent to an activating group) is 1. The molecule has 4 heteroatoms. The van der Waals surface area contributed by atoms with Gasteiger partial charge in [-0.05, 0) is 50.0 Å². The summed E-state index contributed by atoms with van der Waals surface area (Å²) in [7, 11) is 3.52. The van der Waals surface area contributed by atoms with E-state index < -0.39 is 0 Å². The lowest BCUT2D eigenvalue weighted by Crippen LogP contribution is -2.27. The van der Waals surface area contributed by atoms with Gasteiger partial charge >= 0.3 is 0 Å². The SMILES string of the molecule is COc1ccc(CN(C)C(=O)C=C2CCNCC2)cc1C. The molecule has 0 bridgehead atoms. The van der Waals surface area contributed by atoms with Crippen molar-refractivity contribution in [2.24, 2.45) is 0 Å². The minimum Gasteiger partial charge on any atom is -0.496 e. The number of amides is 1. The first-order valence-electron chi connectivity index (χ1n) is 7.39. The Kier molecular flexibility index (Phi) is 5.39. The third-order valence-electron chi connectivity index (χ3n) is 3.83. The lowest BCUT2D eigenvalue weighted by Gasteiger charge is -2.19. The van der Waals surface area contributed by atoms with Crippen LogP contribution in [0.1, 0.15) is 24.0 Å². The van der Waals surface area contributed by atoms with Crippen molar-refractivity contribution >= 4 is 5.91 Å². The number of ether oxygens (including phenoxy) is 1. The van der Waals surface area contributed by atoms with Gasteiger partial charge < -0.3 is 15.0 Å². The first kappa shape index (κ1) is 15.6. The number of hydrogen-bond donors (Lipinski definition) is 1. The third-order valence-corrected chi connectivity index (χ3v) is 3.83. The Morgan fingerprint density at radius 1 is 1.38 bits per heavy atom. The van der Waals surface area contributed by atoms with Gasteiger partial charge in [0.15, 0.2) is 0 Å². The molecule has 0 unspecified atom stereocenters. The van der Waals surface area contributed by atoms with Crippen molar-refractivity contribution < 1.29 is 9.53 Å². The molecular weight excluding hydrogens is 264 g/mol. The number of nitrogens with one attached hydrogen (secondary N) is 1. The van der Waals surface area contributed by atoms with Gasteiger partial charge in [-0.1, -0.05) is 17.7 Å². The average Bonchev–Trinajstić information content (AvgIpc) is 2.48. The quantitative estimate of drug-likeness (QED) is 0.864. The molecule has 4 nitrogen and oxygen atoms in total. The highest BCUT2D eigenvalue weighted by Gasteiger charge is 2.11. The van der Waals surface area contributed by atoms with Crippen molar-refractivity contribution in [1.29, 1.82) is 0 Å². The normalized spacial score (nSPS) is 14.7. The van der Waals surface area contributed by atoms with Crippen molar-refractivity contribution in [3.05, 3.63) is 41.0 Å². The van der Waals surface area contributed by atoms with E-state index in [9.17, 15) is 4.79 Å². The molecule has 1 saturated heterocycles. The topological polar surface area (TPSA) is 41.6 Å². The van der Waals surface area contributed by atoms with Crippen LogP contribution in [0.15, 0.2) is 29.8 Å². The van der Waals surface area contributed by atoms with E-state index in [2.05, 4.69) is 11.4 Å². The molecule has 0 spiro atoms. The Morgan fingerprint density at radius 2 is 2.10 bits per heavy atom. The number of methoxy groups -OCH3 is 1. The summed E-state index contributed by atoms with van der Waals surface area (Å²) in [5, 5.41) is 3.30. The molecule has 0 atom stereocenters. The van der Waals surface area contributed by atoms with Gasteiger partial charge in [0.1, 0.15) is 5.75 Å². The number of carbonyl (C=O) groups excluding carboxylic acids is 1. The summed E-state index contributed by atoms with van der Waals surface area (Å²) in [6, 6.07) is 6.03.